The first-order valence-electron chi connectivity index (χ1n) is 6.44. The van der Waals surface area contributed by atoms with Crippen molar-refractivity contribution >= 4 is 12.1 Å². The molecular weight excluding hydrogens is 258 g/mol. The number of aryl methyl sites for hydroxylation is 1. The first-order chi connectivity index (χ1) is 9.19. The summed E-state index contributed by atoms with van der Waals surface area (Å²) in [5.41, 5.74) is 1.13. The van der Waals surface area contributed by atoms with Gasteiger partial charge < -0.3 is 20.0 Å². The molecule has 20 heavy (non-hydrogen) atoms. The van der Waals surface area contributed by atoms with Crippen LogP contribution in [0.4, 0.5) is 4.79 Å². The zero-order valence-electron chi connectivity index (χ0n) is 12.2. The molecule has 0 aliphatic carbocycles. The fourth-order valence-corrected chi connectivity index (χ4v) is 1.70. The van der Waals surface area contributed by atoms with Crippen LogP contribution in [-0.2, 0) is 16.0 Å². The molecule has 0 spiro atoms. The van der Waals surface area contributed by atoms with E-state index in [0.29, 0.717) is 0 Å². The number of carbonyl (C=O) groups excluding carboxylic acids is 2. The van der Waals surface area contributed by atoms with Gasteiger partial charge in [-0.2, -0.15) is 0 Å². The number of aliphatic carboxylic acids is 1. The lowest BCUT2D eigenvalue weighted by Gasteiger charge is -2.24. The van der Waals surface area contributed by atoms with E-state index in [2.05, 4.69) is 5.32 Å². The minimum absolute atomic E-state index is 0.161. The number of hydrogen-bond donors (Lipinski definition) is 1. The molecule has 0 fully saturated rings. The smallest absolute Gasteiger partial charge is 0.408 e. The number of carbonyl (C=O) groups is 2. The quantitative estimate of drug-likeness (QED) is 0.897. The van der Waals surface area contributed by atoms with Gasteiger partial charge in [-0.15, -0.1) is 0 Å². The van der Waals surface area contributed by atoms with Gasteiger partial charge in [0.15, 0.2) is 0 Å². The number of hydrogen-bond acceptors (Lipinski definition) is 4. The van der Waals surface area contributed by atoms with Gasteiger partial charge in [-0.1, -0.05) is 24.3 Å². The Morgan fingerprint density at radius 3 is 2.40 bits per heavy atom. The fraction of sp³-hybridized carbons (Fsp3) is 0.467. The molecule has 1 aromatic carbocycles. The van der Waals surface area contributed by atoms with Crippen LogP contribution in [0.2, 0.25) is 0 Å². The van der Waals surface area contributed by atoms with E-state index < -0.39 is 23.7 Å². The minimum atomic E-state index is -1.33. The van der Waals surface area contributed by atoms with Gasteiger partial charge in [-0.25, -0.2) is 4.79 Å². The van der Waals surface area contributed by atoms with Gasteiger partial charge in [-0.3, -0.25) is 0 Å². The molecule has 1 amide bonds. The van der Waals surface area contributed by atoms with E-state index >= 15 is 0 Å². The van der Waals surface area contributed by atoms with Gasteiger partial charge in [0.05, 0.1) is 12.0 Å². The number of carboxylic acids is 1. The predicted molar refractivity (Wildman–Crippen MR) is 73.0 cm³/mol. The van der Waals surface area contributed by atoms with E-state index in [0.717, 1.165) is 11.1 Å². The third-order valence-corrected chi connectivity index (χ3v) is 2.66. The molecule has 0 heterocycles. The summed E-state index contributed by atoms with van der Waals surface area (Å²) >= 11 is 0. The van der Waals surface area contributed by atoms with E-state index in [1.54, 1.807) is 20.8 Å². The first-order valence-corrected chi connectivity index (χ1v) is 6.44. The highest BCUT2D eigenvalue weighted by Crippen LogP contribution is 2.11. The van der Waals surface area contributed by atoms with Crippen molar-refractivity contribution in [2.24, 2.45) is 0 Å². The maximum atomic E-state index is 11.6. The Balaban J connectivity index is 2.74. The molecule has 0 radical (unpaired) electrons. The van der Waals surface area contributed by atoms with Crippen LogP contribution in [0, 0.1) is 6.92 Å². The first kappa shape index (κ1) is 16.0. The highest BCUT2D eigenvalue weighted by molar-refractivity contribution is 5.79. The van der Waals surface area contributed by atoms with Crippen LogP contribution < -0.4 is 10.4 Å². The summed E-state index contributed by atoms with van der Waals surface area (Å²) in [6.45, 7) is 7.01. The van der Waals surface area contributed by atoms with Crippen LogP contribution in [-0.4, -0.2) is 23.7 Å². The van der Waals surface area contributed by atoms with Crippen molar-refractivity contribution in [3.63, 3.8) is 0 Å². The number of carboxylic acid groups (broad SMARTS) is 1. The normalized spacial score (nSPS) is 12.6. The fourth-order valence-electron chi connectivity index (χ4n) is 1.70. The highest BCUT2D eigenvalue weighted by Gasteiger charge is 2.20. The summed E-state index contributed by atoms with van der Waals surface area (Å²) in [4.78, 5) is 22.8. The van der Waals surface area contributed by atoms with Crippen LogP contribution in [0.25, 0.3) is 0 Å². The molecule has 0 bridgehead atoms. The topological polar surface area (TPSA) is 78.5 Å². The van der Waals surface area contributed by atoms with Gasteiger partial charge >= 0.3 is 6.09 Å². The summed E-state index contributed by atoms with van der Waals surface area (Å²) < 4.78 is 5.05. The van der Waals surface area contributed by atoms with Gasteiger partial charge in [0.2, 0.25) is 0 Å². The number of nitrogens with one attached hydrogen (secondary N) is 1. The maximum Gasteiger partial charge on any atom is 0.408 e. The number of alkyl carbamates (subject to hydrolysis) is 1. The third-order valence-electron chi connectivity index (χ3n) is 2.66. The molecule has 0 saturated heterocycles. The van der Waals surface area contributed by atoms with E-state index in [-0.39, 0.29) is 6.42 Å². The molecule has 5 heteroatoms. The summed E-state index contributed by atoms with van der Waals surface area (Å²) in [5.74, 6) is -1.33. The van der Waals surface area contributed by atoms with Crippen LogP contribution >= 0.6 is 0 Å². The molecule has 1 atom stereocenters. The molecular formula is C15H20NO4-. The van der Waals surface area contributed by atoms with Crippen molar-refractivity contribution in [3.8, 4) is 0 Å². The summed E-state index contributed by atoms with van der Waals surface area (Å²) in [6, 6.07) is 6.28. The Bertz CT molecular complexity index is 491. The Kier molecular flexibility index (Phi) is 5.13. The van der Waals surface area contributed by atoms with Crippen molar-refractivity contribution in [3.05, 3.63) is 35.4 Å². The van der Waals surface area contributed by atoms with Crippen molar-refractivity contribution < 1.29 is 19.4 Å². The molecule has 1 aromatic rings. The van der Waals surface area contributed by atoms with Crippen molar-refractivity contribution in [1.82, 2.24) is 5.32 Å². The number of rotatable bonds is 4. The predicted octanol–water partition coefficient (Wildman–Crippen LogP) is 1.18. The van der Waals surface area contributed by atoms with Crippen LogP contribution in [0.5, 0.6) is 0 Å². The maximum absolute atomic E-state index is 11.6. The molecule has 0 aromatic heterocycles. The van der Waals surface area contributed by atoms with Gasteiger partial charge in [0.25, 0.3) is 0 Å². The second kappa shape index (κ2) is 6.41. The van der Waals surface area contributed by atoms with Crippen molar-refractivity contribution in [1.29, 1.82) is 0 Å². The average molecular weight is 278 g/mol. The second-order valence-electron chi connectivity index (χ2n) is 5.65. The summed E-state index contributed by atoms with van der Waals surface area (Å²) in [7, 11) is 0. The number of ether oxygens (including phenoxy) is 1. The van der Waals surface area contributed by atoms with E-state index in [9.17, 15) is 14.7 Å². The lowest BCUT2D eigenvalue weighted by atomic mass is 10.0. The summed E-state index contributed by atoms with van der Waals surface area (Å²) in [6.07, 6.45) is -0.603. The third kappa shape index (κ3) is 5.30. The minimum Gasteiger partial charge on any atom is -0.548 e. The van der Waals surface area contributed by atoms with Crippen LogP contribution in [0.15, 0.2) is 24.3 Å². The Morgan fingerprint density at radius 2 is 1.90 bits per heavy atom. The standard InChI is InChI=1S/C15H21NO4/c1-10-7-5-6-8-11(10)9-12(13(17)18)16-14(19)20-15(2,3)4/h5-8,12H,9H2,1-4H3,(H,16,19)(H,17,18)/p-1/t12-/m1/s1. The van der Waals surface area contributed by atoms with Crippen molar-refractivity contribution in [2.75, 3.05) is 0 Å². The molecule has 0 unspecified atom stereocenters. The zero-order valence-corrected chi connectivity index (χ0v) is 12.2. The van der Waals surface area contributed by atoms with Crippen LogP contribution in [0.1, 0.15) is 31.9 Å². The SMILES string of the molecule is Cc1ccccc1C[C@@H](NC(=O)OC(C)(C)C)C(=O)[O-]. The van der Waals surface area contributed by atoms with E-state index in [1.807, 2.05) is 31.2 Å². The Hall–Kier alpha value is -2.04. The van der Waals surface area contributed by atoms with E-state index in [4.69, 9.17) is 4.74 Å². The Labute approximate surface area is 118 Å². The lowest BCUT2D eigenvalue weighted by molar-refractivity contribution is -0.308. The molecule has 1 N–H and O–H groups in total. The largest absolute Gasteiger partial charge is 0.548 e. The average Bonchev–Trinajstić information content (AvgIpc) is 2.28. The lowest BCUT2D eigenvalue weighted by Crippen LogP contribution is -2.50. The molecule has 0 aliphatic heterocycles. The van der Waals surface area contributed by atoms with Gasteiger partial charge in [0, 0.05) is 0 Å². The molecule has 5 nitrogen and oxygen atoms in total. The Morgan fingerprint density at radius 1 is 1.30 bits per heavy atom. The molecule has 1 rings (SSSR count). The van der Waals surface area contributed by atoms with Crippen LogP contribution in [0.3, 0.4) is 0 Å². The molecule has 110 valence electrons. The van der Waals surface area contributed by atoms with Crippen molar-refractivity contribution in [2.45, 2.75) is 45.8 Å². The second-order valence-corrected chi connectivity index (χ2v) is 5.65. The van der Waals surface area contributed by atoms with Gasteiger partial charge in [-0.05, 0) is 45.2 Å². The summed E-state index contributed by atoms with van der Waals surface area (Å²) in [5, 5.41) is 13.5. The molecule has 0 saturated carbocycles. The molecule has 0 aliphatic rings. The monoisotopic (exact) mass is 278 g/mol. The zero-order chi connectivity index (χ0) is 15.3. The van der Waals surface area contributed by atoms with Gasteiger partial charge in [0.1, 0.15) is 5.60 Å². The van der Waals surface area contributed by atoms with E-state index in [1.165, 1.54) is 0 Å². The number of amides is 1. The number of benzene rings is 1. The highest BCUT2D eigenvalue weighted by atomic mass is 16.6.